The van der Waals surface area contributed by atoms with Gasteiger partial charge in [0.25, 0.3) is 0 Å². The third-order valence-corrected chi connectivity index (χ3v) is 4.74. The predicted molar refractivity (Wildman–Crippen MR) is 88.6 cm³/mol. The van der Waals surface area contributed by atoms with E-state index in [9.17, 15) is 4.79 Å². The molecule has 1 aliphatic carbocycles. The Morgan fingerprint density at radius 1 is 1.48 bits per heavy atom. The van der Waals surface area contributed by atoms with Crippen LogP contribution in [-0.4, -0.2) is 48.8 Å². The molecule has 1 aliphatic heterocycles. The Kier molecular flexibility index (Phi) is 4.66. The number of nitrogens with zero attached hydrogens (tertiary/aromatic N) is 3. The zero-order chi connectivity index (χ0) is 16.3. The number of ether oxygens (including phenoxy) is 1. The first-order valence-corrected chi connectivity index (χ1v) is 8.25. The van der Waals surface area contributed by atoms with Gasteiger partial charge >= 0.3 is 6.03 Å². The molecule has 0 radical (unpaired) electrons. The second-order valence-electron chi connectivity index (χ2n) is 6.71. The van der Waals surface area contributed by atoms with Crippen molar-refractivity contribution in [2.75, 3.05) is 37.5 Å². The van der Waals surface area contributed by atoms with Crippen molar-refractivity contribution in [3.63, 3.8) is 0 Å². The maximum atomic E-state index is 12.0. The zero-order valence-corrected chi connectivity index (χ0v) is 13.8. The molecule has 23 heavy (non-hydrogen) atoms. The molecule has 0 aromatic carbocycles. The molecule has 1 aromatic heterocycles. The maximum absolute atomic E-state index is 12.0. The first kappa shape index (κ1) is 16.0. The molecule has 2 fully saturated rings. The molecule has 1 spiro atoms. The van der Waals surface area contributed by atoms with Gasteiger partial charge in [0.05, 0.1) is 5.60 Å². The van der Waals surface area contributed by atoms with Crippen LogP contribution in [0.25, 0.3) is 0 Å². The second-order valence-corrected chi connectivity index (χ2v) is 6.71. The lowest BCUT2D eigenvalue weighted by atomic mass is 9.72. The fourth-order valence-electron chi connectivity index (χ4n) is 3.26. The lowest BCUT2D eigenvalue weighted by Crippen LogP contribution is -2.48. The number of urea groups is 1. The number of rotatable bonds is 4. The fraction of sp³-hybridized carbons (Fsp3) is 0.688. The molecule has 2 aliphatic rings. The van der Waals surface area contributed by atoms with Crippen LogP contribution < -0.4 is 15.5 Å². The largest absolute Gasteiger partial charge is 0.375 e. The Morgan fingerprint density at radius 2 is 2.30 bits per heavy atom. The van der Waals surface area contributed by atoms with Crippen LogP contribution >= 0.6 is 0 Å². The number of carbonyl (C=O) groups is 1. The molecule has 2 heterocycles. The van der Waals surface area contributed by atoms with E-state index in [2.05, 4.69) is 20.6 Å². The van der Waals surface area contributed by atoms with Gasteiger partial charge in [-0.05, 0) is 44.1 Å². The number of nitrogens with one attached hydrogen (secondary N) is 2. The Morgan fingerprint density at radius 3 is 3.00 bits per heavy atom. The van der Waals surface area contributed by atoms with Crippen LogP contribution in [0.15, 0.2) is 12.3 Å². The molecule has 3 rings (SSSR count). The summed E-state index contributed by atoms with van der Waals surface area (Å²) in [5.74, 6) is 1.56. The normalized spacial score (nSPS) is 22.3. The second kappa shape index (κ2) is 6.70. The quantitative estimate of drug-likeness (QED) is 0.887. The third-order valence-electron chi connectivity index (χ3n) is 4.74. The maximum Gasteiger partial charge on any atom is 0.321 e. The van der Waals surface area contributed by atoms with Crippen LogP contribution in [0.3, 0.4) is 0 Å². The van der Waals surface area contributed by atoms with Gasteiger partial charge < -0.3 is 15.0 Å². The van der Waals surface area contributed by atoms with Gasteiger partial charge in [-0.3, -0.25) is 5.32 Å². The van der Waals surface area contributed by atoms with E-state index in [4.69, 9.17) is 4.74 Å². The van der Waals surface area contributed by atoms with Gasteiger partial charge in [0.1, 0.15) is 5.82 Å². The molecule has 0 bridgehead atoms. The van der Waals surface area contributed by atoms with Crippen molar-refractivity contribution in [3.05, 3.63) is 12.3 Å². The molecule has 1 atom stereocenters. The highest BCUT2D eigenvalue weighted by atomic mass is 16.5. The van der Waals surface area contributed by atoms with Gasteiger partial charge in [0.15, 0.2) is 0 Å². The van der Waals surface area contributed by atoms with Crippen molar-refractivity contribution < 1.29 is 9.53 Å². The van der Waals surface area contributed by atoms with Crippen molar-refractivity contribution in [2.45, 2.75) is 37.7 Å². The highest BCUT2D eigenvalue weighted by molar-refractivity contribution is 5.87. The Bertz CT molecular complexity index is 559. The Labute approximate surface area is 136 Å². The highest BCUT2D eigenvalue weighted by Gasteiger charge is 2.42. The lowest BCUT2D eigenvalue weighted by molar-refractivity contribution is -0.142. The van der Waals surface area contributed by atoms with Gasteiger partial charge in [-0.2, -0.15) is 4.98 Å². The van der Waals surface area contributed by atoms with Crippen LogP contribution in [0.5, 0.6) is 0 Å². The lowest BCUT2D eigenvalue weighted by Gasteiger charge is -2.47. The summed E-state index contributed by atoms with van der Waals surface area (Å²) in [6, 6.07) is 1.54. The minimum absolute atomic E-state index is 0.115. The van der Waals surface area contributed by atoms with Crippen LogP contribution in [0, 0.1) is 5.92 Å². The van der Waals surface area contributed by atoms with Crippen molar-refractivity contribution in [2.24, 2.45) is 5.92 Å². The van der Waals surface area contributed by atoms with Gasteiger partial charge in [-0.25, -0.2) is 9.78 Å². The first-order valence-electron chi connectivity index (χ1n) is 8.25. The van der Waals surface area contributed by atoms with Crippen LogP contribution in [0.4, 0.5) is 16.6 Å². The Hall–Kier alpha value is -1.89. The number of anilines is 2. The first-order chi connectivity index (χ1) is 11.1. The summed E-state index contributed by atoms with van der Waals surface area (Å²) < 4.78 is 5.92. The van der Waals surface area contributed by atoms with E-state index in [1.807, 2.05) is 19.0 Å². The summed E-state index contributed by atoms with van der Waals surface area (Å²) in [7, 11) is 3.79. The van der Waals surface area contributed by atoms with Gasteiger partial charge in [-0.15, -0.1) is 0 Å². The zero-order valence-electron chi connectivity index (χ0n) is 13.8. The van der Waals surface area contributed by atoms with Crippen LogP contribution in [0.2, 0.25) is 0 Å². The molecule has 7 nitrogen and oxygen atoms in total. The minimum Gasteiger partial charge on any atom is -0.375 e. The molecule has 1 aromatic rings. The summed E-state index contributed by atoms with van der Waals surface area (Å²) in [5.41, 5.74) is 0.115. The van der Waals surface area contributed by atoms with Crippen LogP contribution in [0.1, 0.15) is 32.1 Å². The van der Waals surface area contributed by atoms with Crippen molar-refractivity contribution >= 4 is 17.8 Å². The number of carbonyl (C=O) groups excluding carboxylic acids is 1. The summed E-state index contributed by atoms with van der Waals surface area (Å²) >= 11 is 0. The summed E-state index contributed by atoms with van der Waals surface area (Å²) in [6.07, 6.45) is 7.30. The van der Waals surface area contributed by atoms with E-state index in [1.165, 1.54) is 19.3 Å². The average Bonchev–Trinajstić information content (AvgIpc) is 2.52. The SMILES string of the molecule is CN(C)c1ccnc(NC(=O)NCC2CCOC3(CCC3)C2)n1. The van der Waals surface area contributed by atoms with E-state index in [0.717, 1.165) is 25.3 Å². The van der Waals surface area contributed by atoms with Crippen molar-refractivity contribution in [1.82, 2.24) is 15.3 Å². The topological polar surface area (TPSA) is 79.4 Å². The van der Waals surface area contributed by atoms with Crippen molar-refractivity contribution in [1.29, 1.82) is 0 Å². The molecule has 7 heteroatoms. The van der Waals surface area contributed by atoms with Gasteiger partial charge in [0, 0.05) is 33.4 Å². The summed E-state index contributed by atoms with van der Waals surface area (Å²) in [4.78, 5) is 22.2. The molecule has 1 saturated heterocycles. The fourth-order valence-corrected chi connectivity index (χ4v) is 3.26. The molecular formula is C16H25N5O2. The van der Waals surface area contributed by atoms with E-state index < -0.39 is 0 Å². The number of hydrogen-bond acceptors (Lipinski definition) is 5. The number of hydrogen-bond donors (Lipinski definition) is 2. The molecule has 126 valence electrons. The van der Waals surface area contributed by atoms with E-state index >= 15 is 0 Å². The summed E-state index contributed by atoms with van der Waals surface area (Å²) in [5, 5.41) is 5.63. The highest BCUT2D eigenvalue weighted by Crippen LogP contribution is 2.43. The third kappa shape index (κ3) is 3.90. The van der Waals surface area contributed by atoms with Gasteiger partial charge in [-0.1, -0.05) is 0 Å². The molecule has 2 N–H and O–H groups in total. The molecule has 1 saturated carbocycles. The average molecular weight is 319 g/mol. The van der Waals surface area contributed by atoms with Crippen LogP contribution in [-0.2, 0) is 4.74 Å². The monoisotopic (exact) mass is 319 g/mol. The number of amides is 2. The van der Waals surface area contributed by atoms with E-state index in [1.54, 1.807) is 12.3 Å². The van der Waals surface area contributed by atoms with E-state index in [0.29, 0.717) is 18.4 Å². The molecule has 1 unspecified atom stereocenters. The standard InChI is InChI=1S/C16H25N5O2/c1-21(2)13-4-8-17-14(19-13)20-15(22)18-11-12-5-9-23-16(10-12)6-3-7-16/h4,8,12H,3,5-7,9-11H2,1-2H3,(H2,17,18,19,20,22). The smallest absolute Gasteiger partial charge is 0.321 e. The predicted octanol–water partition coefficient (Wildman–Crippen LogP) is 2.01. The van der Waals surface area contributed by atoms with Crippen molar-refractivity contribution in [3.8, 4) is 0 Å². The number of aromatic nitrogens is 2. The molecular weight excluding hydrogens is 294 g/mol. The van der Waals surface area contributed by atoms with E-state index in [-0.39, 0.29) is 11.6 Å². The van der Waals surface area contributed by atoms with Gasteiger partial charge in [0.2, 0.25) is 5.95 Å². The Balaban J connectivity index is 1.47. The summed E-state index contributed by atoms with van der Waals surface area (Å²) in [6.45, 7) is 1.48. The molecule has 2 amide bonds. The minimum atomic E-state index is -0.255.